The molecule has 0 radical (unpaired) electrons. The molecule has 0 amide bonds. The Kier molecular flexibility index (Phi) is 4.12. The molecule has 0 saturated carbocycles. The minimum absolute atomic E-state index is 0.0910. The van der Waals surface area contributed by atoms with Crippen LogP contribution in [0.2, 0.25) is 0 Å². The van der Waals surface area contributed by atoms with E-state index in [2.05, 4.69) is 15.9 Å². The number of hydrogen-bond acceptors (Lipinski definition) is 3. The van der Waals surface area contributed by atoms with Gasteiger partial charge in [-0.2, -0.15) is 0 Å². The summed E-state index contributed by atoms with van der Waals surface area (Å²) in [4.78, 5) is 0. The van der Waals surface area contributed by atoms with E-state index < -0.39 is 0 Å². The Morgan fingerprint density at radius 1 is 1.29 bits per heavy atom. The molecular formula is C16H15BrFNO2. The number of ether oxygens (including phenoxy) is 2. The van der Waals surface area contributed by atoms with E-state index in [1.165, 1.54) is 12.1 Å². The highest BCUT2D eigenvalue weighted by Gasteiger charge is 2.23. The summed E-state index contributed by atoms with van der Waals surface area (Å²) in [5.41, 5.74) is 7.55. The standard InChI is InChI=1S/C16H15BrFNO2/c17-15-3-2-13(7-11(15)8-19)20-9-14-6-10-5-12(18)1-4-16(10)21-14/h1-5,7,14H,6,8-9,19H2. The molecule has 1 unspecified atom stereocenters. The Balaban J connectivity index is 1.62. The van der Waals surface area contributed by atoms with Gasteiger partial charge in [0.15, 0.2) is 0 Å². The average molecular weight is 352 g/mol. The number of nitrogens with two attached hydrogens (primary N) is 1. The molecule has 0 aromatic heterocycles. The third kappa shape index (κ3) is 3.19. The molecule has 1 heterocycles. The summed E-state index contributed by atoms with van der Waals surface area (Å²) in [6, 6.07) is 10.3. The van der Waals surface area contributed by atoms with Crippen molar-refractivity contribution >= 4 is 15.9 Å². The van der Waals surface area contributed by atoms with E-state index in [4.69, 9.17) is 15.2 Å². The van der Waals surface area contributed by atoms with Crippen LogP contribution in [-0.4, -0.2) is 12.7 Å². The van der Waals surface area contributed by atoms with Crippen LogP contribution in [0.15, 0.2) is 40.9 Å². The molecular weight excluding hydrogens is 337 g/mol. The van der Waals surface area contributed by atoms with Gasteiger partial charge >= 0.3 is 0 Å². The normalized spacial score (nSPS) is 16.4. The summed E-state index contributed by atoms with van der Waals surface area (Å²) >= 11 is 3.44. The first-order chi connectivity index (χ1) is 10.2. The molecule has 1 aliphatic heterocycles. The maximum atomic E-state index is 13.2. The van der Waals surface area contributed by atoms with E-state index in [1.807, 2.05) is 18.2 Å². The molecule has 0 aliphatic carbocycles. The number of fused-ring (bicyclic) bond motifs is 1. The largest absolute Gasteiger partial charge is 0.490 e. The second kappa shape index (κ2) is 6.03. The van der Waals surface area contributed by atoms with Gasteiger partial charge in [-0.25, -0.2) is 4.39 Å². The van der Waals surface area contributed by atoms with Gasteiger partial charge in [0.1, 0.15) is 30.0 Å². The summed E-state index contributed by atoms with van der Waals surface area (Å²) in [5.74, 6) is 1.26. The zero-order chi connectivity index (χ0) is 14.8. The monoisotopic (exact) mass is 351 g/mol. The van der Waals surface area contributed by atoms with Gasteiger partial charge in [-0.3, -0.25) is 0 Å². The van der Waals surface area contributed by atoms with Gasteiger partial charge in [-0.15, -0.1) is 0 Å². The van der Waals surface area contributed by atoms with E-state index in [0.717, 1.165) is 27.1 Å². The minimum atomic E-state index is -0.237. The van der Waals surface area contributed by atoms with E-state index in [0.29, 0.717) is 19.6 Å². The second-order valence-electron chi connectivity index (χ2n) is 4.96. The van der Waals surface area contributed by atoms with E-state index in [1.54, 1.807) is 6.07 Å². The first kappa shape index (κ1) is 14.4. The lowest BCUT2D eigenvalue weighted by Gasteiger charge is -2.13. The lowest BCUT2D eigenvalue weighted by Crippen LogP contribution is -2.22. The molecule has 2 N–H and O–H groups in total. The molecule has 0 fully saturated rings. The molecule has 3 nitrogen and oxygen atoms in total. The molecule has 1 atom stereocenters. The molecule has 0 saturated heterocycles. The van der Waals surface area contributed by atoms with Crippen molar-refractivity contribution in [3.05, 3.63) is 57.8 Å². The average Bonchev–Trinajstić information content (AvgIpc) is 2.88. The van der Waals surface area contributed by atoms with E-state index >= 15 is 0 Å². The van der Waals surface area contributed by atoms with Crippen LogP contribution in [0.4, 0.5) is 4.39 Å². The highest BCUT2D eigenvalue weighted by Crippen LogP contribution is 2.30. The summed E-state index contributed by atoms with van der Waals surface area (Å²) < 4.78 is 25.6. The van der Waals surface area contributed by atoms with Crippen LogP contribution in [0.3, 0.4) is 0 Å². The number of halogens is 2. The van der Waals surface area contributed by atoms with E-state index in [-0.39, 0.29) is 11.9 Å². The van der Waals surface area contributed by atoms with Crippen LogP contribution in [0.1, 0.15) is 11.1 Å². The van der Waals surface area contributed by atoms with Crippen LogP contribution in [0.25, 0.3) is 0 Å². The molecule has 0 spiro atoms. The Hall–Kier alpha value is -1.59. The summed E-state index contributed by atoms with van der Waals surface area (Å²) in [6.07, 6.45) is 0.569. The quantitative estimate of drug-likeness (QED) is 0.917. The molecule has 3 rings (SSSR count). The highest BCUT2D eigenvalue weighted by molar-refractivity contribution is 9.10. The fourth-order valence-corrected chi connectivity index (χ4v) is 2.78. The van der Waals surface area contributed by atoms with Gasteiger partial charge in [-0.05, 0) is 42.0 Å². The maximum absolute atomic E-state index is 13.2. The van der Waals surface area contributed by atoms with Gasteiger partial charge in [0.2, 0.25) is 0 Å². The van der Waals surface area contributed by atoms with Crippen LogP contribution < -0.4 is 15.2 Å². The fraction of sp³-hybridized carbons (Fsp3) is 0.250. The third-order valence-electron chi connectivity index (χ3n) is 3.44. The topological polar surface area (TPSA) is 44.5 Å². The zero-order valence-electron chi connectivity index (χ0n) is 11.3. The van der Waals surface area contributed by atoms with Crippen molar-refractivity contribution in [1.29, 1.82) is 0 Å². The fourth-order valence-electron chi connectivity index (χ4n) is 2.37. The Morgan fingerprint density at radius 2 is 2.14 bits per heavy atom. The van der Waals surface area contributed by atoms with Crippen molar-refractivity contribution in [3.63, 3.8) is 0 Å². The lowest BCUT2D eigenvalue weighted by molar-refractivity contribution is 0.148. The summed E-state index contributed by atoms with van der Waals surface area (Å²) in [6.45, 7) is 0.865. The molecule has 5 heteroatoms. The molecule has 1 aliphatic rings. The predicted molar refractivity (Wildman–Crippen MR) is 82.0 cm³/mol. The van der Waals surface area contributed by atoms with Gasteiger partial charge < -0.3 is 15.2 Å². The third-order valence-corrected chi connectivity index (χ3v) is 4.21. The van der Waals surface area contributed by atoms with Crippen molar-refractivity contribution in [2.45, 2.75) is 19.1 Å². The van der Waals surface area contributed by atoms with E-state index in [9.17, 15) is 4.39 Å². The maximum Gasteiger partial charge on any atom is 0.137 e. The van der Waals surface area contributed by atoms with Gasteiger partial charge in [0, 0.05) is 23.0 Å². The summed E-state index contributed by atoms with van der Waals surface area (Å²) in [5, 5.41) is 0. The van der Waals surface area contributed by atoms with Crippen molar-refractivity contribution in [3.8, 4) is 11.5 Å². The van der Waals surface area contributed by atoms with Crippen LogP contribution in [0, 0.1) is 5.82 Å². The molecule has 2 aromatic carbocycles. The molecule has 110 valence electrons. The van der Waals surface area contributed by atoms with Crippen molar-refractivity contribution in [2.24, 2.45) is 5.73 Å². The van der Waals surface area contributed by atoms with Gasteiger partial charge in [0.05, 0.1) is 0 Å². The van der Waals surface area contributed by atoms with Crippen molar-refractivity contribution in [2.75, 3.05) is 6.61 Å². The van der Waals surface area contributed by atoms with Crippen LogP contribution in [0.5, 0.6) is 11.5 Å². The van der Waals surface area contributed by atoms with Crippen molar-refractivity contribution < 1.29 is 13.9 Å². The second-order valence-corrected chi connectivity index (χ2v) is 5.82. The molecule has 0 bridgehead atoms. The zero-order valence-corrected chi connectivity index (χ0v) is 12.9. The first-order valence-electron chi connectivity index (χ1n) is 6.72. The lowest BCUT2D eigenvalue weighted by atomic mass is 10.1. The van der Waals surface area contributed by atoms with Crippen LogP contribution >= 0.6 is 15.9 Å². The van der Waals surface area contributed by atoms with Crippen LogP contribution in [-0.2, 0) is 13.0 Å². The smallest absolute Gasteiger partial charge is 0.137 e. The first-order valence-corrected chi connectivity index (χ1v) is 7.51. The highest BCUT2D eigenvalue weighted by atomic mass is 79.9. The SMILES string of the molecule is NCc1cc(OCC2Cc3cc(F)ccc3O2)ccc1Br. The predicted octanol–water partition coefficient (Wildman–Crippen LogP) is 3.43. The number of benzene rings is 2. The Bertz CT molecular complexity index is 663. The Morgan fingerprint density at radius 3 is 2.95 bits per heavy atom. The molecule has 21 heavy (non-hydrogen) atoms. The van der Waals surface area contributed by atoms with Gasteiger partial charge in [0.25, 0.3) is 0 Å². The van der Waals surface area contributed by atoms with Crippen molar-refractivity contribution in [1.82, 2.24) is 0 Å². The summed E-state index contributed by atoms with van der Waals surface area (Å²) in [7, 11) is 0. The Labute approximate surface area is 131 Å². The minimum Gasteiger partial charge on any atom is -0.490 e. The number of hydrogen-bond donors (Lipinski definition) is 1. The van der Waals surface area contributed by atoms with Gasteiger partial charge in [-0.1, -0.05) is 15.9 Å². The molecule has 2 aromatic rings. The number of rotatable bonds is 4.